The molecule has 0 aliphatic rings. The number of fused-ring (bicyclic) bond motifs is 1. The number of carbonyl (C=O) groups excluding carboxylic acids is 1. The van der Waals surface area contributed by atoms with E-state index in [1.807, 2.05) is 0 Å². The van der Waals surface area contributed by atoms with E-state index in [9.17, 15) is 9.59 Å². The van der Waals surface area contributed by atoms with Crippen LogP contribution in [-0.4, -0.2) is 12.4 Å². The Morgan fingerprint density at radius 1 is 1.14 bits per heavy atom. The molecular formula is C17H11ClO4. The highest BCUT2D eigenvalue weighted by atomic mass is 35.5. The van der Waals surface area contributed by atoms with Gasteiger partial charge >= 0.3 is 0 Å². The molecule has 1 heterocycles. The van der Waals surface area contributed by atoms with Crippen LogP contribution in [0, 0.1) is 0 Å². The van der Waals surface area contributed by atoms with Gasteiger partial charge in [-0.05, 0) is 48.0 Å². The van der Waals surface area contributed by atoms with Gasteiger partial charge in [0.05, 0.1) is 18.1 Å². The minimum absolute atomic E-state index is 0.173. The van der Waals surface area contributed by atoms with Crippen LogP contribution >= 0.6 is 11.6 Å². The van der Waals surface area contributed by atoms with Crippen molar-refractivity contribution in [2.75, 3.05) is 7.11 Å². The lowest BCUT2D eigenvalue weighted by molar-refractivity contribution is 0.108. The van der Waals surface area contributed by atoms with Crippen LogP contribution in [0.1, 0.15) is 10.4 Å². The van der Waals surface area contributed by atoms with Crippen molar-refractivity contribution in [3.63, 3.8) is 0 Å². The van der Waals surface area contributed by atoms with E-state index in [0.717, 1.165) is 0 Å². The largest absolute Gasteiger partial charge is 0.497 e. The molecule has 4 nitrogen and oxygen atoms in total. The molecule has 3 rings (SSSR count). The maximum Gasteiger partial charge on any atom is 0.256 e. The molecule has 5 heteroatoms. The molecule has 22 heavy (non-hydrogen) atoms. The molecule has 0 unspecified atom stereocenters. The number of carbonyl (C=O) groups is 1. The molecule has 0 aliphatic heterocycles. The number of benzene rings is 2. The molecule has 0 spiro atoms. The van der Waals surface area contributed by atoms with Gasteiger partial charge in [0.25, 0.3) is 5.24 Å². The van der Waals surface area contributed by atoms with Crippen LogP contribution in [0.5, 0.6) is 5.75 Å². The van der Waals surface area contributed by atoms with Crippen LogP contribution in [0.2, 0.25) is 0 Å². The number of methoxy groups -OCH3 is 1. The van der Waals surface area contributed by atoms with E-state index in [0.29, 0.717) is 22.5 Å². The predicted octanol–water partition coefficient (Wildman–Crippen LogP) is 3.85. The summed E-state index contributed by atoms with van der Waals surface area (Å²) in [4.78, 5) is 23.7. The number of hydrogen-bond donors (Lipinski definition) is 0. The molecule has 0 bridgehead atoms. The highest BCUT2D eigenvalue weighted by Crippen LogP contribution is 2.26. The summed E-state index contributed by atoms with van der Waals surface area (Å²) in [6.45, 7) is 0. The minimum atomic E-state index is -0.666. The first-order valence-corrected chi connectivity index (χ1v) is 6.89. The summed E-state index contributed by atoms with van der Waals surface area (Å²) in [6, 6.07) is 13.2. The molecule has 0 amide bonds. The minimum Gasteiger partial charge on any atom is -0.497 e. The van der Waals surface area contributed by atoms with E-state index >= 15 is 0 Å². The summed E-state index contributed by atoms with van der Waals surface area (Å²) in [5.41, 5.74) is 0.843. The normalized spacial score (nSPS) is 10.6. The summed E-state index contributed by atoms with van der Waals surface area (Å²) in [5.74, 6) is 1.06. The van der Waals surface area contributed by atoms with Gasteiger partial charge < -0.3 is 9.15 Å². The van der Waals surface area contributed by atoms with E-state index in [2.05, 4.69) is 0 Å². The van der Waals surface area contributed by atoms with Gasteiger partial charge in [0.1, 0.15) is 11.5 Å². The average Bonchev–Trinajstić information content (AvgIpc) is 2.54. The van der Waals surface area contributed by atoms with Crippen molar-refractivity contribution in [1.82, 2.24) is 0 Å². The Kier molecular flexibility index (Phi) is 3.69. The third kappa shape index (κ3) is 2.49. The van der Waals surface area contributed by atoms with E-state index in [1.54, 1.807) is 43.5 Å². The number of para-hydroxylation sites is 1. The molecule has 0 fully saturated rings. The lowest BCUT2D eigenvalue weighted by Crippen LogP contribution is -2.03. The van der Waals surface area contributed by atoms with Gasteiger partial charge in [0.15, 0.2) is 11.0 Å². The standard InChI is InChI=1S/C17H11ClO4/c1-21-11-7-5-10(6-8-11)15-9-14(19)12-3-2-4-13(17(18)20)16(12)22-15/h2-9H,1H3. The van der Waals surface area contributed by atoms with Gasteiger partial charge in [-0.15, -0.1) is 0 Å². The van der Waals surface area contributed by atoms with Crippen LogP contribution in [0.3, 0.4) is 0 Å². The average molecular weight is 315 g/mol. The van der Waals surface area contributed by atoms with E-state index in [4.69, 9.17) is 20.8 Å². The first-order chi connectivity index (χ1) is 10.6. The van der Waals surface area contributed by atoms with Crippen LogP contribution in [0.15, 0.2) is 57.7 Å². The summed E-state index contributed by atoms with van der Waals surface area (Å²) >= 11 is 5.55. The van der Waals surface area contributed by atoms with Crippen molar-refractivity contribution in [1.29, 1.82) is 0 Å². The Bertz CT molecular complexity index is 910. The fraction of sp³-hybridized carbons (Fsp3) is 0.0588. The second kappa shape index (κ2) is 5.66. The van der Waals surface area contributed by atoms with Crippen LogP contribution in [0.4, 0.5) is 0 Å². The first kappa shape index (κ1) is 14.4. The van der Waals surface area contributed by atoms with Crippen molar-refractivity contribution in [3.05, 3.63) is 64.3 Å². The van der Waals surface area contributed by atoms with Gasteiger partial charge in [-0.25, -0.2) is 0 Å². The van der Waals surface area contributed by atoms with E-state index in [-0.39, 0.29) is 16.6 Å². The Hall–Kier alpha value is -2.59. The third-order valence-electron chi connectivity index (χ3n) is 3.34. The third-order valence-corrected chi connectivity index (χ3v) is 3.54. The zero-order chi connectivity index (χ0) is 15.7. The summed E-state index contributed by atoms with van der Waals surface area (Å²) < 4.78 is 10.8. The topological polar surface area (TPSA) is 56.5 Å². The molecule has 1 aromatic heterocycles. The molecule has 110 valence electrons. The zero-order valence-electron chi connectivity index (χ0n) is 11.6. The number of hydrogen-bond acceptors (Lipinski definition) is 4. The molecule has 0 aliphatic carbocycles. The van der Waals surface area contributed by atoms with Gasteiger partial charge in [-0.1, -0.05) is 6.07 Å². The van der Waals surface area contributed by atoms with Gasteiger partial charge in [-0.2, -0.15) is 0 Å². The van der Waals surface area contributed by atoms with Crippen molar-refractivity contribution >= 4 is 27.8 Å². The van der Waals surface area contributed by atoms with Gasteiger partial charge in [0.2, 0.25) is 0 Å². The van der Waals surface area contributed by atoms with Crippen LogP contribution < -0.4 is 10.2 Å². The van der Waals surface area contributed by atoms with Gasteiger partial charge in [-0.3, -0.25) is 9.59 Å². The zero-order valence-corrected chi connectivity index (χ0v) is 12.4. The summed E-state index contributed by atoms with van der Waals surface area (Å²) in [6.07, 6.45) is 0. The maximum atomic E-state index is 12.2. The number of halogens is 1. The number of rotatable bonds is 3. The van der Waals surface area contributed by atoms with Crippen LogP contribution in [-0.2, 0) is 0 Å². The lowest BCUT2D eigenvalue weighted by Gasteiger charge is -2.06. The summed E-state index contributed by atoms with van der Waals surface area (Å²) in [5, 5.41) is -0.343. The van der Waals surface area contributed by atoms with E-state index < -0.39 is 5.24 Å². The fourth-order valence-corrected chi connectivity index (χ4v) is 2.38. The molecular weight excluding hydrogens is 304 g/mol. The first-order valence-electron chi connectivity index (χ1n) is 6.51. The fourth-order valence-electron chi connectivity index (χ4n) is 2.23. The lowest BCUT2D eigenvalue weighted by atomic mass is 10.1. The molecule has 0 saturated carbocycles. The van der Waals surface area contributed by atoms with Crippen molar-refractivity contribution < 1.29 is 13.9 Å². The molecule has 0 saturated heterocycles. The van der Waals surface area contributed by atoms with Crippen molar-refractivity contribution in [3.8, 4) is 17.1 Å². The van der Waals surface area contributed by atoms with Gasteiger partial charge in [0, 0.05) is 11.6 Å². The maximum absolute atomic E-state index is 12.2. The molecule has 0 N–H and O–H groups in total. The number of ether oxygens (including phenoxy) is 1. The molecule has 0 radical (unpaired) electrons. The summed E-state index contributed by atoms with van der Waals surface area (Å²) in [7, 11) is 1.57. The Morgan fingerprint density at radius 3 is 2.50 bits per heavy atom. The monoisotopic (exact) mass is 314 g/mol. The quantitative estimate of drug-likeness (QED) is 0.689. The SMILES string of the molecule is COc1ccc(-c2cc(=O)c3cccc(C(=O)Cl)c3o2)cc1. The molecule has 0 atom stereocenters. The predicted molar refractivity (Wildman–Crippen MR) is 84.7 cm³/mol. The molecule has 3 aromatic rings. The Balaban J connectivity index is 2.25. The highest BCUT2D eigenvalue weighted by Gasteiger charge is 2.14. The Labute approximate surface area is 130 Å². The van der Waals surface area contributed by atoms with Crippen LogP contribution in [0.25, 0.3) is 22.3 Å². The second-order valence-electron chi connectivity index (χ2n) is 4.66. The highest BCUT2D eigenvalue weighted by molar-refractivity contribution is 6.68. The smallest absolute Gasteiger partial charge is 0.256 e. The Morgan fingerprint density at radius 2 is 1.86 bits per heavy atom. The molecule has 2 aromatic carbocycles. The van der Waals surface area contributed by atoms with E-state index in [1.165, 1.54) is 12.1 Å². The van der Waals surface area contributed by atoms with Crippen molar-refractivity contribution in [2.45, 2.75) is 0 Å². The second-order valence-corrected chi connectivity index (χ2v) is 5.00. The van der Waals surface area contributed by atoms with Crippen molar-refractivity contribution in [2.24, 2.45) is 0 Å².